The number of halogens is 3. The lowest BCUT2D eigenvalue weighted by Crippen LogP contribution is -2.46. The van der Waals surface area contributed by atoms with Crippen LogP contribution in [0.1, 0.15) is 39.0 Å². The van der Waals surface area contributed by atoms with Crippen LogP contribution in [-0.4, -0.2) is 45.9 Å². The molecule has 0 bridgehead atoms. The number of nitrogens with one attached hydrogen (secondary N) is 1. The fourth-order valence-corrected chi connectivity index (χ4v) is 3.42. The minimum absolute atomic E-state index is 0.0996. The molecule has 1 aromatic heterocycles. The van der Waals surface area contributed by atoms with Gasteiger partial charge in [-0.25, -0.2) is 4.79 Å². The summed E-state index contributed by atoms with van der Waals surface area (Å²) in [6.07, 6.45) is -2.53. The van der Waals surface area contributed by atoms with Crippen molar-refractivity contribution in [2.45, 2.75) is 40.4 Å². The van der Waals surface area contributed by atoms with E-state index < -0.39 is 17.8 Å². The van der Waals surface area contributed by atoms with E-state index in [9.17, 15) is 22.8 Å². The lowest BCUT2D eigenvalue weighted by Gasteiger charge is -2.30. The van der Waals surface area contributed by atoms with Crippen molar-refractivity contribution in [2.24, 2.45) is 18.9 Å². The summed E-state index contributed by atoms with van der Waals surface area (Å²) < 4.78 is 40.3. The average Bonchev–Trinajstić information content (AvgIpc) is 3.10. The first-order chi connectivity index (χ1) is 15.4. The van der Waals surface area contributed by atoms with Gasteiger partial charge in [0, 0.05) is 37.7 Å². The molecule has 6 nitrogen and oxygen atoms in total. The van der Waals surface area contributed by atoms with Gasteiger partial charge in [-0.05, 0) is 48.2 Å². The van der Waals surface area contributed by atoms with Gasteiger partial charge in [-0.2, -0.15) is 13.2 Å². The van der Waals surface area contributed by atoms with Gasteiger partial charge >= 0.3 is 12.2 Å². The summed E-state index contributed by atoms with van der Waals surface area (Å²) in [4.78, 5) is 29.2. The van der Waals surface area contributed by atoms with Crippen molar-refractivity contribution in [1.29, 1.82) is 0 Å². The van der Waals surface area contributed by atoms with Crippen molar-refractivity contribution in [3.8, 4) is 0 Å². The van der Waals surface area contributed by atoms with Crippen LogP contribution in [0.25, 0.3) is 0 Å². The number of aromatic nitrogens is 1. The van der Waals surface area contributed by atoms with Gasteiger partial charge in [0.05, 0.1) is 12.1 Å². The summed E-state index contributed by atoms with van der Waals surface area (Å²) in [7, 11) is 1.91. The molecule has 0 aliphatic rings. The largest absolute Gasteiger partial charge is 0.416 e. The molecule has 0 radical (unpaired) electrons. The number of benzene rings is 1. The van der Waals surface area contributed by atoms with Gasteiger partial charge in [0.25, 0.3) is 0 Å². The van der Waals surface area contributed by atoms with Gasteiger partial charge in [0.15, 0.2) is 0 Å². The smallest absolute Gasteiger partial charge is 0.353 e. The SMILES string of the molecule is CC(C)CN(Cc1cccn1C)C(=O)CN(CC(C)C)C(=O)Nc1ccc(C(F)(F)F)cc1. The van der Waals surface area contributed by atoms with E-state index in [1.807, 2.05) is 57.6 Å². The van der Waals surface area contributed by atoms with Crippen molar-refractivity contribution in [1.82, 2.24) is 14.4 Å². The van der Waals surface area contributed by atoms with Crippen LogP contribution in [0.5, 0.6) is 0 Å². The zero-order valence-corrected chi connectivity index (χ0v) is 19.8. The molecule has 9 heteroatoms. The predicted molar refractivity (Wildman–Crippen MR) is 123 cm³/mol. The normalized spacial score (nSPS) is 11.7. The molecule has 0 saturated carbocycles. The quantitative estimate of drug-likeness (QED) is 0.551. The summed E-state index contributed by atoms with van der Waals surface area (Å²) in [6, 6.07) is 7.57. The number of carbonyl (C=O) groups is 2. The van der Waals surface area contributed by atoms with E-state index in [-0.39, 0.29) is 30.0 Å². The highest BCUT2D eigenvalue weighted by Crippen LogP contribution is 2.29. The summed E-state index contributed by atoms with van der Waals surface area (Å²) in [6.45, 7) is 9.08. The maximum absolute atomic E-state index is 13.2. The maximum Gasteiger partial charge on any atom is 0.416 e. The number of hydrogen-bond acceptors (Lipinski definition) is 2. The molecule has 0 atom stereocenters. The summed E-state index contributed by atoms with van der Waals surface area (Å²) >= 11 is 0. The lowest BCUT2D eigenvalue weighted by molar-refractivity contribution is -0.137. The van der Waals surface area contributed by atoms with Gasteiger partial charge in [0.1, 0.15) is 6.54 Å². The molecule has 0 fully saturated rings. The van der Waals surface area contributed by atoms with Crippen LogP contribution in [-0.2, 0) is 24.6 Å². The number of aryl methyl sites for hydroxylation is 1. The minimum atomic E-state index is -4.45. The first-order valence-corrected chi connectivity index (χ1v) is 11.0. The first-order valence-electron chi connectivity index (χ1n) is 11.0. The van der Waals surface area contributed by atoms with Gasteiger partial charge < -0.3 is 19.7 Å². The van der Waals surface area contributed by atoms with Gasteiger partial charge in [-0.1, -0.05) is 27.7 Å². The third kappa shape index (κ3) is 8.14. The van der Waals surface area contributed by atoms with E-state index in [0.29, 0.717) is 19.6 Å². The molecule has 2 rings (SSSR count). The minimum Gasteiger partial charge on any atom is -0.353 e. The Morgan fingerprint density at radius 1 is 0.970 bits per heavy atom. The van der Waals surface area contributed by atoms with E-state index in [1.165, 1.54) is 17.0 Å². The molecule has 0 spiro atoms. The molecular weight excluding hydrogens is 433 g/mol. The van der Waals surface area contributed by atoms with Crippen LogP contribution in [0.4, 0.5) is 23.7 Å². The Morgan fingerprint density at radius 3 is 2.03 bits per heavy atom. The topological polar surface area (TPSA) is 57.6 Å². The fourth-order valence-electron chi connectivity index (χ4n) is 3.42. The molecule has 2 aromatic rings. The monoisotopic (exact) mass is 466 g/mol. The molecule has 182 valence electrons. The number of anilines is 1. The van der Waals surface area contributed by atoms with Crippen molar-refractivity contribution < 1.29 is 22.8 Å². The lowest BCUT2D eigenvalue weighted by atomic mass is 10.2. The number of urea groups is 1. The average molecular weight is 467 g/mol. The first kappa shape index (κ1) is 26.3. The molecule has 1 aromatic carbocycles. The molecular formula is C24H33F3N4O2. The highest BCUT2D eigenvalue weighted by atomic mass is 19.4. The summed E-state index contributed by atoms with van der Waals surface area (Å²) in [5, 5.41) is 2.61. The van der Waals surface area contributed by atoms with Crippen molar-refractivity contribution in [3.05, 3.63) is 53.9 Å². The van der Waals surface area contributed by atoms with E-state index >= 15 is 0 Å². The molecule has 0 aliphatic carbocycles. The highest BCUT2D eigenvalue weighted by molar-refractivity contribution is 5.92. The number of rotatable bonds is 9. The Balaban J connectivity index is 2.13. The van der Waals surface area contributed by atoms with Crippen molar-refractivity contribution in [3.63, 3.8) is 0 Å². The second kappa shape index (κ2) is 11.2. The zero-order valence-electron chi connectivity index (χ0n) is 19.8. The van der Waals surface area contributed by atoms with E-state index in [4.69, 9.17) is 0 Å². The molecule has 3 amide bonds. The van der Waals surface area contributed by atoms with Gasteiger partial charge in [0.2, 0.25) is 5.91 Å². The predicted octanol–water partition coefficient (Wildman–Crippen LogP) is 5.22. The third-order valence-electron chi connectivity index (χ3n) is 5.00. The van der Waals surface area contributed by atoms with Crippen LogP contribution in [0.2, 0.25) is 0 Å². The van der Waals surface area contributed by atoms with Crippen LogP contribution < -0.4 is 5.32 Å². The molecule has 0 aliphatic heterocycles. The standard InChI is InChI=1S/C24H33F3N4O2/c1-17(2)13-30(15-21-7-6-12-29(21)5)22(32)16-31(14-18(3)4)23(33)28-20-10-8-19(9-11-20)24(25,26)27/h6-12,17-18H,13-16H2,1-5H3,(H,28,33). The Morgan fingerprint density at radius 2 is 1.55 bits per heavy atom. The number of alkyl halides is 3. The van der Waals surface area contributed by atoms with Crippen LogP contribution in [0, 0.1) is 11.8 Å². The van der Waals surface area contributed by atoms with Crippen molar-refractivity contribution >= 4 is 17.6 Å². The number of amides is 3. The molecule has 0 unspecified atom stereocenters. The maximum atomic E-state index is 13.2. The Labute approximate surface area is 193 Å². The number of hydrogen-bond donors (Lipinski definition) is 1. The Hall–Kier alpha value is -2.97. The molecule has 1 heterocycles. The second-order valence-electron chi connectivity index (χ2n) is 9.06. The number of nitrogens with zero attached hydrogens (tertiary/aromatic N) is 3. The van der Waals surface area contributed by atoms with Crippen LogP contribution >= 0.6 is 0 Å². The highest BCUT2D eigenvalue weighted by Gasteiger charge is 2.30. The number of carbonyl (C=O) groups excluding carboxylic acids is 2. The van der Waals surface area contributed by atoms with Crippen LogP contribution in [0.3, 0.4) is 0 Å². The summed E-state index contributed by atoms with van der Waals surface area (Å²) in [5.41, 5.74) is 0.422. The third-order valence-corrected chi connectivity index (χ3v) is 5.00. The zero-order chi connectivity index (χ0) is 24.8. The molecule has 33 heavy (non-hydrogen) atoms. The second-order valence-corrected chi connectivity index (χ2v) is 9.06. The molecule has 1 N–H and O–H groups in total. The van der Waals surface area contributed by atoms with E-state index in [0.717, 1.165) is 17.8 Å². The van der Waals surface area contributed by atoms with Crippen molar-refractivity contribution in [2.75, 3.05) is 25.0 Å². The Bertz CT molecular complexity index is 921. The van der Waals surface area contributed by atoms with E-state index in [1.54, 1.807) is 4.90 Å². The summed E-state index contributed by atoms with van der Waals surface area (Å²) in [5.74, 6) is 0.157. The molecule has 0 saturated heterocycles. The van der Waals surface area contributed by atoms with Crippen LogP contribution in [0.15, 0.2) is 42.6 Å². The Kier molecular flexibility index (Phi) is 8.96. The fraction of sp³-hybridized carbons (Fsp3) is 0.500. The van der Waals surface area contributed by atoms with Gasteiger partial charge in [-0.3, -0.25) is 4.79 Å². The van der Waals surface area contributed by atoms with Gasteiger partial charge in [-0.15, -0.1) is 0 Å². The van der Waals surface area contributed by atoms with E-state index in [2.05, 4.69) is 5.32 Å².